The van der Waals surface area contributed by atoms with Crippen LogP contribution in [0.15, 0.2) is 48.5 Å². The van der Waals surface area contributed by atoms with E-state index in [2.05, 4.69) is 21.3 Å². The van der Waals surface area contributed by atoms with E-state index in [4.69, 9.17) is 0 Å². The normalized spacial score (nSPS) is 10.1. The smallest absolute Gasteiger partial charge is 0.309 e. The number of hydrogen-bond acceptors (Lipinski definition) is 8. The summed E-state index contributed by atoms with van der Waals surface area (Å²) < 4.78 is 0. The standard InChI is InChI=1S/C22H24N6O8/c29-19(15-7-1-3-9-17(15)27(33)34)23-11-5-13-25-21(31)22(32)26-14-6-12-24-20(30)16-8-2-4-10-18(16)28(35)36/h1-4,7-10H,5-6,11-14H2,(H,23,29)(H,24,30)(H,25,31)(H,26,32). The van der Waals surface area contributed by atoms with Gasteiger partial charge >= 0.3 is 11.8 Å². The van der Waals surface area contributed by atoms with Gasteiger partial charge in [-0.15, -0.1) is 0 Å². The maximum Gasteiger partial charge on any atom is 0.309 e. The van der Waals surface area contributed by atoms with Crippen LogP contribution in [0.4, 0.5) is 11.4 Å². The van der Waals surface area contributed by atoms with Crippen molar-refractivity contribution in [1.29, 1.82) is 0 Å². The van der Waals surface area contributed by atoms with E-state index in [-0.39, 0.29) is 61.5 Å². The Morgan fingerprint density at radius 2 is 0.917 bits per heavy atom. The Morgan fingerprint density at radius 1 is 0.583 bits per heavy atom. The molecule has 0 fully saturated rings. The van der Waals surface area contributed by atoms with E-state index in [9.17, 15) is 39.4 Å². The van der Waals surface area contributed by atoms with Gasteiger partial charge in [0.1, 0.15) is 11.1 Å². The zero-order valence-corrected chi connectivity index (χ0v) is 19.0. The lowest BCUT2D eigenvalue weighted by molar-refractivity contribution is -0.385. The number of benzene rings is 2. The number of nitro benzene ring substituents is 2. The van der Waals surface area contributed by atoms with E-state index in [0.717, 1.165) is 0 Å². The van der Waals surface area contributed by atoms with Gasteiger partial charge in [0.05, 0.1) is 9.85 Å². The Balaban J connectivity index is 1.61. The van der Waals surface area contributed by atoms with Crippen molar-refractivity contribution in [3.05, 3.63) is 79.9 Å². The Hall–Kier alpha value is -4.88. The number of para-hydroxylation sites is 2. The summed E-state index contributed by atoms with van der Waals surface area (Å²) in [7, 11) is 0. The van der Waals surface area contributed by atoms with Gasteiger partial charge in [-0.05, 0) is 25.0 Å². The first kappa shape index (κ1) is 27.4. The lowest BCUT2D eigenvalue weighted by atomic mass is 10.1. The van der Waals surface area contributed by atoms with Crippen molar-refractivity contribution in [3.8, 4) is 0 Å². The molecule has 2 aromatic rings. The molecule has 0 heterocycles. The summed E-state index contributed by atoms with van der Waals surface area (Å²) in [5.41, 5.74) is -0.796. The van der Waals surface area contributed by atoms with E-state index in [0.29, 0.717) is 0 Å². The van der Waals surface area contributed by atoms with Gasteiger partial charge < -0.3 is 21.3 Å². The van der Waals surface area contributed by atoms with E-state index >= 15 is 0 Å². The zero-order valence-electron chi connectivity index (χ0n) is 19.0. The highest BCUT2D eigenvalue weighted by Crippen LogP contribution is 2.18. The highest BCUT2D eigenvalue weighted by Gasteiger charge is 2.20. The number of rotatable bonds is 12. The third-order valence-electron chi connectivity index (χ3n) is 4.75. The largest absolute Gasteiger partial charge is 0.352 e. The van der Waals surface area contributed by atoms with Crippen LogP contribution in [0.3, 0.4) is 0 Å². The molecular formula is C22H24N6O8. The monoisotopic (exact) mass is 500 g/mol. The predicted octanol–water partition coefficient (Wildman–Crippen LogP) is 0.675. The van der Waals surface area contributed by atoms with Gasteiger partial charge in [-0.1, -0.05) is 24.3 Å². The summed E-state index contributed by atoms with van der Waals surface area (Å²) in [6, 6.07) is 11.0. The van der Waals surface area contributed by atoms with Gasteiger partial charge in [-0.25, -0.2) is 0 Å². The Labute approximate surface area is 204 Å². The highest BCUT2D eigenvalue weighted by molar-refractivity contribution is 6.35. The Bertz CT molecular complexity index is 1060. The van der Waals surface area contributed by atoms with Gasteiger partial charge in [0.2, 0.25) is 0 Å². The molecule has 0 aliphatic heterocycles. The fourth-order valence-electron chi connectivity index (χ4n) is 2.99. The lowest BCUT2D eigenvalue weighted by Gasteiger charge is -2.08. The van der Waals surface area contributed by atoms with Crippen LogP contribution >= 0.6 is 0 Å². The van der Waals surface area contributed by atoms with Gasteiger partial charge in [0.15, 0.2) is 0 Å². The van der Waals surface area contributed by atoms with Crippen LogP contribution in [0.1, 0.15) is 33.6 Å². The molecular weight excluding hydrogens is 476 g/mol. The minimum atomic E-state index is -0.885. The fraction of sp³-hybridized carbons (Fsp3) is 0.273. The minimum absolute atomic E-state index is 0.0787. The average molecular weight is 500 g/mol. The number of nitrogens with one attached hydrogen (secondary N) is 4. The second kappa shape index (κ2) is 13.7. The molecule has 0 aromatic heterocycles. The van der Waals surface area contributed by atoms with Crippen molar-refractivity contribution in [2.24, 2.45) is 0 Å². The summed E-state index contributed by atoms with van der Waals surface area (Å²) in [6.07, 6.45) is 0.562. The summed E-state index contributed by atoms with van der Waals surface area (Å²) >= 11 is 0. The van der Waals surface area contributed by atoms with Crippen LogP contribution in [-0.2, 0) is 9.59 Å². The van der Waals surface area contributed by atoms with Gasteiger partial charge in [-0.3, -0.25) is 39.4 Å². The molecule has 0 aliphatic rings. The highest BCUT2D eigenvalue weighted by atomic mass is 16.6. The first-order valence-electron chi connectivity index (χ1n) is 10.8. The number of hydrogen-bond donors (Lipinski definition) is 4. The number of carbonyl (C=O) groups excluding carboxylic acids is 4. The summed E-state index contributed by atoms with van der Waals surface area (Å²) in [5, 5.41) is 31.7. The van der Waals surface area contributed by atoms with Crippen LogP contribution in [0.2, 0.25) is 0 Å². The summed E-state index contributed by atoms with van der Waals surface area (Å²) in [5.74, 6) is -3.02. The number of carbonyl (C=O) groups is 4. The van der Waals surface area contributed by atoms with Crippen molar-refractivity contribution in [2.45, 2.75) is 12.8 Å². The molecule has 36 heavy (non-hydrogen) atoms. The molecule has 0 saturated heterocycles. The predicted molar refractivity (Wildman–Crippen MR) is 126 cm³/mol. The zero-order chi connectivity index (χ0) is 26.5. The molecule has 0 bridgehead atoms. The Kier molecular flexibility index (Phi) is 10.4. The van der Waals surface area contributed by atoms with Gasteiger partial charge in [-0.2, -0.15) is 0 Å². The van der Waals surface area contributed by atoms with Crippen molar-refractivity contribution in [2.75, 3.05) is 26.2 Å². The molecule has 2 rings (SSSR count). The summed E-state index contributed by atoms with van der Waals surface area (Å²) in [4.78, 5) is 68.5. The molecule has 0 atom stereocenters. The SMILES string of the molecule is O=C(NCCCNC(=O)c1ccccc1[N+](=O)[O-])C(=O)NCCCNC(=O)c1ccccc1[N+](=O)[O-]. The number of amides is 4. The van der Waals surface area contributed by atoms with E-state index in [1.165, 1.54) is 48.5 Å². The molecule has 14 nitrogen and oxygen atoms in total. The molecule has 4 amide bonds. The second-order valence-electron chi connectivity index (χ2n) is 7.28. The quantitative estimate of drug-likeness (QED) is 0.141. The van der Waals surface area contributed by atoms with Crippen LogP contribution in [0.5, 0.6) is 0 Å². The molecule has 0 spiro atoms. The maximum absolute atomic E-state index is 12.1. The molecule has 14 heteroatoms. The fourth-order valence-corrected chi connectivity index (χ4v) is 2.99. The first-order chi connectivity index (χ1) is 17.2. The van der Waals surface area contributed by atoms with Crippen molar-refractivity contribution >= 4 is 35.0 Å². The molecule has 0 aliphatic carbocycles. The third kappa shape index (κ3) is 8.16. The molecule has 0 unspecified atom stereocenters. The van der Waals surface area contributed by atoms with Crippen LogP contribution in [0, 0.1) is 20.2 Å². The van der Waals surface area contributed by atoms with Crippen LogP contribution < -0.4 is 21.3 Å². The Morgan fingerprint density at radius 3 is 1.28 bits per heavy atom. The van der Waals surface area contributed by atoms with Crippen molar-refractivity contribution < 1.29 is 29.0 Å². The lowest BCUT2D eigenvalue weighted by Crippen LogP contribution is -2.41. The van der Waals surface area contributed by atoms with Gasteiger partial charge in [0.25, 0.3) is 23.2 Å². The topological polar surface area (TPSA) is 203 Å². The third-order valence-corrected chi connectivity index (χ3v) is 4.75. The molecule has 2 aromatic carbocycles. The van der Waals surface area contributed by atoms with E-state index in [1.807, 2.05) is 0 Å². The summed E-state index contributed by atoms with van der Waals surface area (Å²) in [6.45, 7) is 0.392. The minimum Gasteiger partial charge on any atom is -0.352 e. The van der Waals surface area contributed by atoms with Crippen LogP contribution in [0.25, 0.3) is 0 Å². The van der Waals surface area contributed by atoms with Crippen LogP contribution in [-0.4, -0.2) is 59.7 Å². The van der Waals surface area contributed by atoms with E-state index < -0.39 is 33.5 Å². The second-order valence-corrected chi connectivity index (χ2v) is 7.28. The first-order valence-corrected chi connectivity index (χ1v) is 10.8. The number of nitro groups is 2. The molecule has 0 saturated carbocycles. The average Bonchev–Trinajstić information content (AvgIpc) is 2.87. The maximum atomic E-state index is 12.1. The van der Waals surface area contributed by atoms with Crippen molar-refractivity contribution in [3.63, 3.8) is 0 Å². The molecule has 0 radical (unpaired) electrons. The molecule has 190 valence electrons. The van der Waals surface area contributed by atoms with Crippen molar-refractivity contribution in [1.82, 2.24) is 21.3 Å². The van der Waals surface area contributed by atoms with Gasteiger partial charge in [0, 0.05) is 38.3 Å². The number of nitrogens with zero attached hydrogens (tertiary/aromatic N) is 2. The molecule has 4 N–H and O–H groups in total. The van der Waals surface area contributed by atoms with E-state index in [1.54, 1.807) is 0 Å².